The molecule has 0 fully saturated rings. The number of nitro benzene ring substituents is 1. The lowest BCUT2D eigenvalue weighted by Crippen LogP contribution is -2.14. The molecule has 3 rings (SSSR count). The molecule has 6 heteroatoms. The van der Waals surface area contributed by atoms with E-state index in [1.54, 1.807) is 36.4 Å². The van der Waals surface area contributed by atoms with Crippen LogP contribution in [0.3, 0.4) is 0 Å². The molecule has 3 aromatic carbocycles. The quantitative estimate of drug-likeness (QED) is 0.308. The predicted molar refractivity (Wildman–Crippen MR) is 99.1 cm³/mol. The number of aliphatic imine (C=N–C) groups is 1. The van der Waals surface area contributed by atoms with Crippen LogP contribution >= 0.6 is 0 Å². The molecule has 0 saturated heterocycles. The molecule has 3 aromatic rings. The SMILES string of the molecule is O=c1cccccc1OC(=Nc1ccccc1)c1ccc([N+](=O)[O-])cc1. The summed E-state index contributed by atoms with van der Waals surface area (Å²) in [6.07, 6.45) is 0. The molecule has 0 amide bonds. The summed E-state index contributed by atoms with van der Waals surface area (Å²) in [7, 11) is 0. The van der Waals surface area contributed by atoms with Crippen molar-refractivity contribution in [1.29, 1.82) is 0 Å². The van der Waals surface area contributed by atoms with Crippen LogP contribution in [0.4, 0.5) is 11.4 Å². The number of hydrogen-bond donors (Lipinski definition) is 0. The fourth-order valence-electron chi connectivity index (χ4n) is 2.19. The second kappa shape index (κ2) is 7.85. The van der Waals surface area contributed by atoms with Gasteiger partial charge in [0.15, 0.2) is 5.75 Å². The van der Waals surface area contributed by atoms with E-state index < -0.39 is 4.92 Å². The van der Waals surface area contributed by atoms with Crippen molar-refractivity contribution in [1.82, 2.24) is 0 Å². The molecule has 0 aromatic heterocycles. The molecule has 0 aliphatic rings. The van der Waals surface area contributed by atoms with Gasteiger partial charge in [0.2, 0.25) is 11.3 Å². The van der Waals surface area contributed by atoms with E-state index in [0.717, 1.165) is 0 Å². The predicted octanol–water partition coefficient (Wildman–Crippen LogP) is 4.11. The summed E-state index contributed by atoms with van der Waals surface area (Å²) < 4.78 is 5.76. The summed E-state index contributed by atoms with van der Waals surface area (Å²) in [5.41, 5.74) is 0.820. The molecule has 128 valence electrons. The molecule has 0 aliphatic carbocycles. The van der Waals surface area contributed by atoms with Crippen LogP contribution in [0.1, 0.15) is 5.56 Å². The molecule has 0 aliphatic heterocycles. The highest BCUT2D eigenvalue weighted by atomic mass is 16.6. The topological polar surface area (TPSA) is 81.8 Å². The Morgan fingerprint density at radius 3 is 2.12 bits per heavy atom. The summed E-state index contributed by atoms with van der Waals surface area (Å²) in [4.78, 5) is 26.9. The van der Waals surface area contributed by atoms with Gasteiger partial charge in [-0.3, -0.25) is 14.9 Å². The van der Waals surface area contributed by atoms with E-state index in [9.17, 15) is 14.9 Å². The van der Waals surface area contributed by atoms with E-state index in [0.29, 0.717) is 11.3 Å². The molecule has 0 N–H and O–H groups in total. The van der Waals surface area contributed by atoms with Gasteiger partial charge in [-0.2, -0.15) is 0 Å². The number of hydrogen-bond acceptors (Lipinski definition) is 5. The first-order valence-corrected chi connectivity index (χ1v) is 7.79. The van der Waals surface area contributed by atoms with E-state index in [2.05, 4.69) is 4.99 Å². The monoisotopic (exact) mass is 346 g/mol. The highest BCUT2D eigenvalue weighted by Gasteiger charge is 2.12. The Morgan fingerprint density at radius 1 is 0.846 bits per heavy atom. The second-order valence-corrected chi connectivity index (χ2v) is 5.30. The van der Waals surface area contributed by atoms with Gasteiger partial charge in [-0.25, -0.2) is 4.99 Å². The zero-order chi connectivity index (χ0) is 18.4. The van der Waals surface area contributed by atoms with Crippen molar-refractivity contribution >= 4 is 17.3 Å². The lowest BCUT2D eigenvalue weighted by atomic mass is 10.2. The molecule has 0 heterocycles. The van der Waals surface area contributed by atoms with Gasteiger partial charge >= 0.3 is 0 Å². The number of nitro groups is 1. The zero-order valence-corrected chi connectivity index (χ0v) is 13.6. The number of benzene rings is 2. The molecular formula is C20H14N2O4. The van der Waals surface area contributed by atoms with Crippen molar-refractivity contribution in [2.45, 2.75) is 0 Å². The molecule has 0 atom stereocenters. The number of para-hydroxylation sites is 1. The van der Waals surface area contributed by atoms with Gasteiger partial charge in [-0.15, -0.1) is 0 Å². The van der Waals surface area contributed by atoms with Gasteiger partial charge in [0.1, 0.15) is 0 Å². The van der Waals surface area contributed by atoms with Crippen molar-refractivity contribution in [3.63, 3.8) is 0 Å². The van der Waals surface area contributed by atoms with Crippen LogP contribution in [0.15, 0.2) is 94.7 Å². The maximum atomic E-state index is 12.1. The lowest BCUT2D eigenvalue weighted by molar-refractivity contribution is -0.384. The van der Waals surface area contributed by atoms with Crippen molar-refractivity contribution in [3.8, 4) is 5.75 Å². The Morgan fingerprint density at radius 2 is 1.46 bits per heavy atom. The van der Waals surface area contributed by atoms with Crippen LogP contribution in [0.2, 0.25) is 0 Å². The molecule has 0 saturated carbocycles. The minimum Gasteiger partial charge on any atom is -0.434 e. The third-order valence-electron chi connectivity index (χ3n) is 3.48. The Labute approximate surface area is 149 Å². The molecule has 6 nitrogen and oxygen atoms in total. The minimum atomic E-state index is -0.481. The second-order valence-electron chi connectivity index (χ2n) is 5.30. The molecular weight excluding hydrogens is 332 g/mol. The van der Waals surface area contributed by atoms with Crippen LogP contribution in [0.25, 0.3) is 0 Å². The highest BCUT2D eigenvalue weighted by Crippen LogP contribution is 2.18. The van der Waals surface area contributed by atoms with Crippen molar-refractivity contribution in [3.05, 3.63) is 111 Å². The third kappa shape index (κ3) is 4.18. The number of rotatable bonds is 4. The molecule has 26 heavy (non-hydrogen) atoms. The Hall–Kier alpha value is -3.80. The number of non-ortho nitro benzene ring substituents is 1. The van der Waals surface area contributed by atoms with Crippen LogP contribution in [-0.4, -0.2) is 10.8 Å². The van der Waals surface area contributed by atoms with Crippen LogP contribution in [0, 0.1) is 10.1 Å². The first kappa shape index (κ1) is 17.0. The Bertz CT molecular complexity index is 1000. The lowest BCUT2D eigenvalue weighted by Gasteiger charge is -2.08. The van der Waals surface area contributed by atoms with Gasteiger partial charge < -0.3 is 4.74 Å². The first-order valence-electron chi connectivity index (χ1n) is 7.79. The van der Waals surface area contributed by atoms with Gasteiger partial charge in [0.25, 0.3) is 5.69 Å². The average Bonchev–Trinajstić information content (AvgIpc) is 2.86. The van der Waals surface area contributed by atoms with Gasteiger partial charge in [0.05, 0.1) is 10.6 Å². The van der Waals surface area contributed by atoms with Crippen LogP contribution in [0.5, 0.6) is 5.75 Å². The summed E-state index contributed by atoms with van der Waals surface area (Å²) >= 11 is 0. The first-order chi connectivity index (χ1) is 12.6. The van der Waals surface area contributed by atoms with E-state index in [-0.39, 0.29) is 22.8 Å². The van der Waals surface area contributed by atoms with E-state index in [4.69, 9.17) is 4.74 Å². The van der Waals surface area contributed by atoms with Gasteiger partial charge in [0, 0.05) is 17.7 Å². The third-order valence-corrected chi connectivity index (χ3v) is 3.48. The maximum absolute atomic E-state index is 12.1. The highest BCUT2D eigenvalue weighted by molar-refractivity contribution is 5.97. The van der Waals surface area contributed by atoms with Crippen LogP contribution < -0.4 is 10.2 Å². The number of nitrogens with zero attached hydrogens (tertiary/aromatic N) is 2. The Balaban J connectivity index is 2.05. The molecule has 0 radical (unpaired) electrons. The van der Waals surface area contributed by atoms with Crippen molar-refractivity contribution < 1.29 is 9.66 Å². The van der Waals surface area contributed by atoms with Gasteiger partial charge in [-0.05, 0) is 36.4 Å². The van der Waals surface area contributed by atoms with E-state index in [1.807, 2.05) is 18.2 Å². The van der Waals surface area contributed by atoms with Crippen molar-refractivity contribution in [2.24, 2.45) is 4.99 Å². The fourth-order valence-corrected chi connectivity index (χ4v) is 2.19. The fraction of sp³-hybridized carbons (Fsp3) is 0. The van der Waals surface area contributed by atoms with E-state index >= 15 is 0 Å². The largest absolute Gasteiger partial charge is 0.434 e. The normalized spacial score (nSPS) is 11.0. The average molecular weight is 346 g/mol. The Kier molecular flexibility index (Phi) is 5.14. The smallest absolute Gasteiger partial charge is 0.269 e. The molecule has 0 bridgehead atoms. The minimum absolute atomic E-state index is 0.0385. The standard InChI is InChI=1S/C20H14N2O4/c23-18-9-5-2-6-10-19(18)26-20(21-16-7-3-1-4-8-16)15-11-13-17(14-12-15)22(24)25/h1-14H. The number of ether oxygens (including phenoxy) is 1. The maximum Gasteiger partial charge on any atom is 0.269 e. The summed E-state index contributed by atoms with van der Waals surface area (Å²) in [6.45, 7) is 0. The summed E-state index contributed by atoms with van der Waals surface area (Å²) in [5.74, 6) is 0.289. The molecule has 0 spiro atoms. The molecule has 0 unspecified atom stereocenters. The zero-order valence-electron chi connectivity index (χ0n) is 13.6. The van der Waals surface area contributed by atoms with Crippen molar-refractivity contribution in [2.75, 3.05) is 0 Å². The summed E-state index contributed by atoms with van der Waals surface area (Å²) in [6, 6.07) is 22.9. The van der Waals surface area contributed by atoms with E-state index in [1.165, 1.54) is 30.3 Å². The van der Waals surface area contributed by atoms with Crippen LogP contribution in [-0.2, 0) is 0 Å². The van der Waals surface area contributed by atoms with Gasteiger partial charge in [-0.1, -0.05) is 36.4 Å². The summed E-state index contributed by atoms with van der Waals surface area (Å²) in [5, 5.41) is 10.8.